The maximum absolute atomic E-state index is 12.7. The van der Waals surface area contributed by atoms with Crippen LogP contribution in [0.3, 0.4) is 0 Å². The standard InChI is InChI=1S/C17H26N2O5S2/c1-6-7-10-18(5)26(23,24)15-9-8-14(11-13(15)2)19-16(20)17(3,4)12-25(19,21)22/h8-9,11H,6-7,10,12H2,1-5H3. The third-order valence-electron chi connectivity index (χ3n) is 4.49. The van der Waals surface area contributed by atoms with Gasteiger partial charge < -0.3 is 0 Å². The Bertz CT molecular complexity index is 920. The van der Waals surface area contributed by atoms with Gasteiger partial charge in [0.05, 0.1) is 21.8 Å². The van der Waals surface area contributed by atoms with Crippen LogP contribution in [-0.4, -0.2) is 46.4 Å². The lowest BCUT2D eigenvalue weighted by molar-refractivity contribution is -0.123. The summed E-state index contributed by atoms with van der Waals surface area (Å²) in [7, 11) is -5.91. The van der Waals surface area contributed by atoms with E-state index < -0.39 is 31.4 Å². The van der Waals surface area contributed by atoms with Crippen LogP contribution in [0.5, 0.6) is 0 Å². The topological polar surface area (TPSA) is 91.8 Å². The molecule has 1 aromatic carbocycles. The van der Waals surface area contributed by atoms with Gasteiger partial charge in [-0.3, -0.25) is 4.79 Å². The van der Waals surface area contributed by atoms with Crippen LogP contribution in [0.15, 0.2) is 23.1 Å². The molecule has 0 radical (unpaired) electrons. The zero-order valence-electron chi connectivity index (χ0n) is 15.8. The van der Waals surface area contributed by atoms with Crippen molar-refractivity contribution in [3.8, 4) is 0 Å². The maximum atomic E-state index is 12.7. The summed E-state index contributed by atoms with van der Waals surface area (Å²) in [5.41, 5.74) is -0.426. The molecular formula is C17H26N2O5S2. The number of unbranched alkanes of at least 4 members (excludes halogenated alkanes) is 1. The first-order valence-corrected chi connectivity index (χ1v) is 11.5. The summed E-state index contributed by atoms with van der Waals surface area (Å²) in [5.74, 6) is -0.773. The van der Waals surface area contributed by atoms with Crippen molar-refractivity contribution >= 4 is 31.6 Å². The van der Waals surface area contributed by atoms with Crippen LogP contribution in [0.4, 0.5) is 5.69 Å². The molecule has 0 unspecified atom stereocenters. The highest BCUT2D eigenvalue weighted by molar-refractivity contribution is 7.94. The van der Waals surface area contributed by atoms with Crippen molar-refractivity contribution in [3.05, 3.63) is 23.8 Å². The van der Waals surface area contributed by atoms with Crippen LogP contribution in [0.2, 0.25) is 0 Å². The molecule has 7 nitrogen and oxygen atoms in total. The number of nitrogens with zero attached hydrogens (tertiary/aromatic N) is 2. The SMILES string of the molecule is CCCCN(C)S(=O)(=O)c1ccc(N2C(=O)C(C)(C)CS2(=O)=O)cc1C. The molecule has 0 atom stereocenters. The third-order valence-corrected chi connectivity index (χ3v) is 8.53. The molecule has 0 bridgehead atoms. The molecule has 1 saturated heterocycles. The zero-order valence-corrected chi connectivity index (χ0v) is 17.4. The van der Waals surface area contributed by atoms with E-state index in [9.17, 15) is 21.6 Å². The minimum absolute atomic E-state index is 0.114. The van der Waals surface area contributed by atoms with E-state index in [4.69, 9.17) is 0 Å². The average molecular weight is 403 g/mol. The van der Waals surface area contributed by atoms with E-state index in [-0.39, 0.29) is 16.3 Å². The average Bonchev–Trinajstić information content (AvgIpc) is 2.67. The summed E-state index contributed by atoms with van der Waals surface area (Å²) in [4.78, 5) is 12.6. The summed E-state index contributed by atoms with van der Waals surface area (Å²) < 4.78 is 52.3. The molecule has 146 valence electrons. The highest BCUT2D eigenvalue weighted by Crippen LogP contribution is 2.36. The number of carbonyl (C=O) groups excluding carboxylic acids is 1. The smallest absolute Gasteiger partial charge is 0.247 e. The van der Waals surface area contributed by atoms with Gasteiger partial charge in [-0.1, -0.05) is 13.3 Å². The molecule has 0 aliphatic carbocycles. The van der Waals surface area contributed by atoms with Crippen LogP contribution < -0.4 is 4.31 Å². The molecular weight excluding hydrogens is 376 g/mol. The van der Waals surface area contributed by atoms with Gasteiger partial charge in [0.25, 0.3) is 0 Å². The molecule has 1 aliphatic rings. The largest absolute Gasteiger partial charge is 0.273 e. The first kappa shape index (κ1) is 20.9. The van der Waals surface area contributed by atoms with Crippen LogP contribution in [0.1, 0.15) is 39.2 Å². The molecule has 1 aliphatic heterocycles. The summed E-state index contributed by atoms with van der Waals surface area (Å²) >= 11 is 0. The van der Waals surface area contributed by atoms with Gasteiger partial charge >= 0.3 is 0 Å². The van der Waals surface area contributed by atoms with E-state index in [1.54, 1.807) is 20.8 Å². The lowest BCUT2D eigenvalue weighted by Crippen LogP contribution is -2.33. The predicted octanol–water partition coefficient (Wildman–Crippen LogP) is 2.12. The van der Waals surface area contributed by atoms with Crippen molar-refractivity contribution in [2.24, 2.45) is 5.41 Å². The van der Waals surface area contributed by atoms with E-state index in [2.05, 4.69) is 0 Å². The molecule has 2 rings (SSSR count). The fraction of sp³-hybridized carbons (Fsp3) is 0.588. The number of amides is 1. The first-order valence-electron chi connectivity index (χ1n) is 8.49. The minimum Gasteiger partial charge on any atom is -0.273 e. The van der Waals surface area contributed by atoms with Gasteiger partial charge in [0, 0.05) is 13.6 Å². The van der Waals surface area contributed by atoms with Gasteiger partial charge in [-0.05, 0) is 51.0 Å². The second-order valence-electron chi connectivity index (χ2n) is 7.34. The fourth-order valence-electron chi connectivity index (χ4n) is 2.98. The Morgan fingerprint density at radius 3 is 2.35 bits per heavy atom. The molecule has 0 aromatic heterocycles. The molecule has 0 N–H and O–H groups in total. The van der Waals surface area contributed by atoms with Gasteiger partial charge in [0.15, 0.2) is 0 Å². The summed E-state index contributed by atoms with van der Waals surface area (Å²) in [6.07, 6.45) is 1.63. The highest BCUT2D eigenvalue weighted by atomic mass is 32.2. The number of sulfonamides is 2. The van der Waals surface area contributed by atoms with Gasteiger partial charge in [-0.15, -0.1) is 0 Å². The number of hydrogen-bond donors (Lipinski definition) is 0. The lowest BCUT2D eigenvalue weighted by Gasteiger charge is -2.21. The van der Waals surface area contributed by atoms with E-state index >= 15 is 0 Å². The third kappa shape index (κ3) is 3.65. The highest BCUT2D eigenvalue weighted by Gasteiger charge is 2.50. The number of carbonyl (C=O) groups is 1. The summed E-state index contributed by atoms with van der Waals surface area (Å²) in [5, 5.41) is 0. The van der Waals surface area contributed by atoms with Crippen molar-refractivity contribution in [2.75, 3.05) is 23.7 Å². The van der Waals surface area contributed by atoms with Gasteiger partial charge in [0.2, 0.25) is 26.0 Å². The van der Waals surface area contributed by atoms with Crippen molar-refractivity contribution in [3.63, 3.8) is 0 Å². The summed E-state index contributed by atoms with van der Waals surface area (Å²) in [6.45, 7) is 7.16. The Morgan fingerprint density at radius 2 is 1.88 bits per heavy atom. The number of aryl methyl sites for hydroxylation is 1. The Morgan fingerprint density at radius 1 is 1.27 bits per heavy atom. The lowest BCUT2D eigenvalue weighted by atomic mass is 9.95. The number of hydrogen-bond acceptors (Lipinski definition) is 5. The maximum Gasteiger partial charge on any atom is 0.247 e. The molecule has 1 aromatic rings. The summed E-state index contributed by atoms with van der Waals surface area (Å²) in [6, 6.07) is 4.19. The molecule has 1 fully saturated rings. The Hall–Kier alpha value is -1.45. The van der Waals surface area contributed by atoms with E-state index in [0.29, 0.717) is 12.1 Å². The quantitative estimate of drug-likeness (QED) is 0.727. The fourth-order valence-corrected chi connectivity index (χ4v) is 6.49. The van der Waals surface area contributed by atoms with E-state index in [1.807, 2.05) is 6.92 Å². The Labute approximate surface area is 156 Å². The molecule has 1 heterocycles. The predicted molar refractivity (Wildman–Crippen MR) is 101 cm³/mol. The van der Waals surface area contributed by atoms with Crippen molar-refractivity contribution in [2.45, 2.75) is 45.4 Å². The minimum atomic E-state index is -3.77. The monoisotopic (exact) mass is 402 g/mol. The van der Waals surface area contributed by atoms with Gasteiger partial charge in [0.1, 0.15) is 0 Å². The van der Waals surface area contributed by atoms with Crippen LogP contribution in [-0.2, 0) is 24.8 Å². The zero-order chi connectivity index (χ0) is 19.9. The number of anilines is 1. The first-order chi connectivity index (χ1) is 11.8. The van der Waals surface area contributed by atoms with Gasteiger partial charge in [-0.2, -0.15) is 0 Å². The molecule has 1 amide bonds. The molecule has 0 spiro atoms. The van der Waals surface area contributed by atoms with Crippen molar-refractivity contribution in [1.82, 2.24) is 4.31 Å². The van der Waals surface area contributed by atoms with Crippen LogP contribution in [0, 0.1) is 12.3 Å². The van der Waals surface area contributed by atoms with Crippen LogP contribution in [0.25, 0.3) is 0 Å². The number of rotatable bonds is 6. The van der Waals surface area contributed by atoms with Crippen molar-refractivity contribution < 1.29 is 21.6 Å². The van der Waals surface area contributed by atoms with E-state index in [1.165, 1.54) is 29.6 Å². The van der Waals surface area contributed by atoms with E-state index in [0.717, 1.165) is 17.1 Å². The second-order valence-corrected chi connectivity index (χ2v) is 11.2. The molecule has 9 heteroatoms. The van der Waals surface area contributed by atoms with Gasteiger partial charge in [-0.25, -0.2) is 25.4 Å². The normalized spacial score (nSPS) is 19.3. The second kappa shape index (κ2) is 6.94. The Balaban J connectivity index is 2.44. The van der Waals surface area contributed by atoms with Crippen molar-refractivity contribution in [1.29, 1.82) is 0 Å². The van der Waals surface area contributed by atoms with Crippen LogP contribution >= 0.6 is 0 Å². The Kier molecular flexibility index (Phi) is 5.56. The molecule has 26 heavy (non-hydrogen) atoms. The molecule has 0 saturated carbocycles. The number of benzene rings is 1.